The van der Waals surface area contributed by atoms with Crippen LogP contribution >= 0.6 is 11.3 Å². The van der Waals surface area contributed by atoms with Crippen molar-refractivity contribution in [2.45, 2.75) is 44.7 Å². The SMILES string of the molecule is CN(C)c1cccc(CC[C@H]2CCCCN2Cc2cncs2)n1. The van der Waals surface area contributed by atoms with E-state index in [4.69, 9.17) is 4.98 Å². The van der Waals surface area contributed by atoms with Gasteiger partial charge >= 0.3 is 0 Å². The molecule has 1 saturated heterocycles. The second-order valence-electron chi connectivity index (χ2n) is 6.51. The third kappa shape index (κ3) is 4.52. The molecule has 0 aliphatic carbocycles. The number of rotatable bonds is 6. The van der Waals surface area contributed by atoms with Gasteiger partial charge in [0.05, 0.1) is 5.51 Å². The van der Waals surface area contributed by atoms with Crippen LogP contribution in [0.15, 0.2) is 29.9 Å². The first kappa shape index (κ1) is 16.4. The zero-order chi connectivity index (χ0) is 16.1. The van der Waals surface area contributed by atoms with Crippen LogP contribution in [0.3, 0.4) is 0 Å². The zero-order valence-corrected chi connectivity index (χ0v) is 14.9. The van der Waals surface area contributed by atoms with Gasteiger partial charge in [0.25, 0.3) is 0 Å². The molecular weight excluding hydrogens is 304 g/mol. The summed E-state index contributed by atoms with van der Waals surface area (Å²) >= 11 is 1.77. The number of likely N-dealkylation sites (tertiary alicyclic amines) is 1. The Hall–Kier alpha value is -1.46. The smallest absolute Gasteiger partial charge is 0.128 e. The maximum atomic E-state index is 4.76. The van der Waals surface area contributed by atoms with E-state index in [-0.39, 0.29) is 0 Å². The molecule has 0 spiro atoms. The van der Waals surface area contributed by atoms with Crippen LogP contribution in [0.25, 0.3) is 0 Å². The molecule has 0 aromatic carbocycles. The molecule has 1 atom stereocenters. The molecule has 0 unspecified atom stereocenters. The van der Waals surface area contributed by atoms with E-state index in [1.807, 2.05) is 25.8 Å². The molecule has 0 N–H and O–H groups in total. The molecule has 0 bridgehead atoms. The Balaban J connectivity index is 1.59. The second-order valence-corrected chi connectivity index (χ2v) is 7.48. The first-order chi connectivity index (χ1) is 11.2. The summed E-state index contributed by atoms with van der Waals surface area (Å²) in [4.78, 5) is 15.1. The summed E-state index contributed by atoms with van der Waals surface area (Å²) in [5.41, 5.74) is 3.14. The molecule has 4 nitrogen and oxygen atoms in total. The van der Waals surface area contributed by atoms with Crippen molar-refractivity contribution >= 4 is 17.2 Å². The molecule has 5 heteroatoms. The highest BCUT2D eigenvalue weighted by Gasteiger charge is 2.22. The molecule has 124 valence electrons. The first-order valence-electron chi connectivity index (χ1n) is 8.47. The van der Waals surface area contributed by atoms with Crippen LogP contribution in [-0.4, -0.2) is 41.5 Å². The molecule has 1 fully saturated rings. The first-order valence-corrected chi connectivity index (χ1v) is 9.35. The normalized spacial score (nSPS) is 19.0. The van der Waals surface area contributed by atoms with Crippen LogP contribution in [0, 0.1) is 0 Å². The van der Waals surface area contributed by atoms with Crippen molar-refractivity contribution in [2.75, 3.05) is 25.5 Å². The van der Waals surface area contributed by atoms with E-state index in [0.717, 1.165) is 18.8 Å². The Kier molecular flexibility index (Phi) is 5.62. The van der Waals surface area contributed by atoms with Crippen LogP contribution in [0.1, 0.15) is 36.3 Å². The average molecular weight is 331 g/mol. The number of hydrogen-bond acceptors (Lipinski definition) is 5. The summed E-state index contributed by atoms with van der Waals surface area (Å²) in [7, 11) is 4.09. The van der Waals surface area contributed by atoms with Crippen molar-refractivity contribution in [1.82, 2.24) is 14.9 Å². The molecule has 1 aliphatic rings. The largest absolute Gasteiger partial charge is 0.363 e. The monoisotopic (exact) mass is 330 g/mol. The Morgan fingerprint density at radius 3 is 3.00 bits per heavy atom. The quantitative estimate of drug-likeness (QED) is 0.810. The van der Waals surface area contributed by atoms with Crippen LogP contribution in [0.2, 0.25) is 0 Å². The Morgan fingerprint density at radius 1 is 1.30 bits per heavy atom. The van der Waals surface area contributed by atoms with Gasteiger partial charge in [-0.25, -0.2) is 4.98 Å². The van der Waals surface area contributed by atoms with Crippen molar-refractivity contribution in [3.05, 3.63) is 40.5 Å². The number of pyridine rings is 1. The fraction of sp³-hybridized carbons (Fsp3) is 0.556. The molecule has 0 saturated carbocycles. The molecule has 2 aromatic heterocycles. The molecule has 2 aromatic rings. The molecule has 1 aliphatic heterocycles. The van der Waals surface area contributed by atoms with Crippen LogP contribution in [0.4, 0.5) is 5.82 Å². The second kappa shape index (κ2) is 7.88. The summed E-state index contributed by atoms with van der Waals surface area (Å²) in [6.07, 6.45) is 8.26. The number of hydrogen-bond donors (Lipinski definition) is 0. The number of anilines is 1. The van der Waals surface area contributed by atoms with Gasteiger partial charge in [-0.15, -0.1) is 11.3 Å². The maximum absolute atomic E-state index is 4.76. The minimum Gasteiger partial charge on any atom is -0.363 e. The maximum Gasteiger partial charge on any atom is 0.128 e. The lowest BCUT2D eigenvalue weighted by Crippen LogP contribution is -2.39. The molecule has 3 rings (SSSR count). The van der Waals surface area contributed by atoms with Gasteiger partial charge in [-0.1, -0.05) is 12.5 Å². The van der Waals surface area contributed by atoms with Crippen LogP contribution in [-0.2, 0) is 13.0 Å². The minimum atomic E-state index is 0.677. The number of nitrogens with zero attached hydrogens (tertiary/aromatic N) is 4. The van der Waals surface area contributed by atoms with E-state index in [1.165, 1.54) is 42.8 Å². The molecule has 23 heavy (non-hydrogen) atoms. The molecular formula is C18H26N4S. The van der Waals surface area contributed by atoms with E-state index in [2.05, 4.69) is 33.0 Å². The lowest BCUT2D eigenvalue weighted by Gasteiger charge is -2.35. The fourth-order valence-electron chi connectivity index (χ4n) is 3.29. The summed E-state index contributed by atoms with van der Waals surface area (Å²) < 4.78 is 0. The van der Waals surface area contributed by atoms with Gasteiger partial charge in [0.1, 0.15) is 5.82 Å². The van der Waals surface area contributed by atoms with Gasteiger partial charge < -0.3 is 4.90 Å². The lowest BCUT2D eigenvalue weighted by molar-refractivity contribution is 0.133. The number of aryl methyl sites for hydroxylation is 1. The van der Waals surface area contributed by atoms with Crippen molar-refractivity contribution in [3.8, 4) is 0 Å². The van der Waals surface area contributed by atoms with Gasteiger partial charge in [-0.2, -0.15) is 0 Å². The number of thiazole rings is 1. The van der Waals surface area contributed by atoms with E-state index < -0.39 is 0 Å². The Labute approximate surface area is 143 Å². The minimum absolute atomic E-state index is 0.677. The van der Waals surface area contributed by atoms with Gasteiger partial charge in [-0.05, 0) is 44.4 Å². The molecule has 3 heterocycles. The van der Waals surface area contributed by atoms with Gasteiger partial charge in [0.15, 0.2) is 0 Å². The average Bonchev–Trinajstić information content (AvgIpc) is 3.07. The van der Waals surface area contributed by atoms with E-state index in [9.17, 15) is 0 Å². The standard InChI is InChI=1S/C18H26N4S/c1-21(2)18-8-5-6-15(20-18)9-10-16-7-3-4-11-22(16)13-17-12-19-14-23-17/h5-6,8,12,14,16H,3-4,7,9-11,13H2,1-2H3/t16-/m1/s1. The summed E-state index contributed by atoms with van der Waals surface area (Å²) in [6.45, 7) is 2.27. The lowest BCUT2D eigenvalue weighted by atomic mass is 9.97. The summed E-state index contributed by atoms with van der Waals surface area (Å²) in [5, 5.41) is 0. The van der Waals surface area contributed by atoms with Crippen molar-refractivity contribution in [2.24, 2.45) is 0 Å². The third-order valence-electron chi connectivity index (χ3n) is 4.58. The van der Waals surface area contributed by atoms with Gasteiger partial charge in [-0.3, -0.25) is 9.88 Å². The predicted molar refractivity (Wildman–Crippen MR) is 97.0 cm³/mol. The van der Waals surface area contributed by atoms with Crippen molar-refractivity contribution in [1.29, 1.82) is 0 Å². The van der Waals surface area contributed by atoms with Gasteiger partial charge in [0, 0.05) is 43.4 Å². The molecule has 0 amide bonds. The van der Waals surface area contributed by atoms with E-state index in [1.54, 1.807) is 11.3 Å². The topological polar surface area (TPSA) is 32.3 Å². The van der Waals surface area contributed by atoms with E-state index >= 15 is 0 Å². The Morgan fingerprint density at radius 2 is 2.22 bits per heavy atom. The fourth-order valence-corrected chi connectivity index (χ4v) is 3.90. The Bertz CT molecular complexity index is 597. The zero-order valence-electron chi connectivity index (χ0n) is 14.1. The van der Waals surface area contributed by atoms with Crippen LogP contribution in [0.5, 0.6) is 0 Å². The highest BCUT2D eigenvalue weighted by atomic mass is 32.1. The van der Waals surface area contributed by atoms with Gasteiger partial charge in [0.2, 0.25) is 0 Å². The van der Waals surface area contributed by atoms with E-state index in [0.29, 0.717) is 6.04 Å². The summed E-state index contributed by atoms with van der Waals surface area (Å²) in [5.74, 6) is 1.05. The third-order valence-corrected chi connectivity index (χ3v) is 5.34. The summed E-state index contributed by atoms with van der Waals surface area (Å²) in [6, 6.07) is 7.02. The number of aromatic nitrogens is 2. The van der Waals surface area contributed by atoms with Crippen molar-refractivity contribution < 1.29 is 0 Å². The molecule has 0 radical (unpaired) electrons. The highest BCUT2D eigenvalue weighted by Crippen LogP contribution is 2.24. The predicted octanol–water partition coefficient (Wildman–Crippen LogP) is 3.59. The number of piperidine rings is 1. The van der Waals surface area contributed by atoms with Crippen molar-refractivity contribution in [3.63, 3.8) is 0 Å². The van der Waals surface area contributed by atoms with Crippen LogP contribution < -0.4 is 4.90 Å². The highest BCUT2D eigenvalue weighted by molar-refractivity contribution is 7.09.